The molecule has 1 heterocycles. The molecule has 0 unspecified atom stereocenters. The molecule has 0 saturated carbocycles. The molecule has 0 amide bonds. The molecule has 106 valence electrons. The van der Waals surface area contributed by atoms with Gasteiger partial charge in [-0.1, -0.05) is 0 Å². The fourth-order valence-electron chi connectivity index (χ4n) is 1.43. The van der Waals surface area contributed by atoms with Gasteiger partial charge < -0.3 is 15.4 Å². The number of hydrogen-bond acceptors (Lipinski definition) is 5. The minimum absolute atomic E-state index is 0.0511. The molecule has 6 nitrogen and oxygen atoms in total. The van der Waals surface area contributed by atoms with Gasteiger partial charge in [-0.2, -0.15) is 11.8 Å². The highest BCUT2D eigenvalue weighted by molar-refractivity contribution is 7.99. The number of sulfone groups is 1. The molecule has 2 N–H and O–H groups in total. The summed E-state index contributed by atoms with van der Waals surface area (Å²) in [6.07, 6.45) is 1.20. The van der Waals surface area contributed by atoms with Crippen molar-refractivity contribution < 1.29 is 13.2 Å². The van der Waals surface area contributed by atoms with Gasteiger partial charge in [-0.3, -0.25) is 4.99 Å². The highest BCUT2D eigenvalue weighted by Crippen LogP contribution is 2.08. The van der Waals surface area contributed by atoms with Crippen molar-refractivity contribution in [2.24, 2.45) is 10.7 Å². The molecule has 1 aliphatic rings. The molecule has 0 aromatic carbocycles. The largest absolute Gasteiger partial charge is 0.378 e. The highest BCUT2D eigenvalue weighted by Gasteiger charge is 2.11. The van der Waals surface area contributed by atoms with E-state index in [0.29, 0.717) is 19.1 Å². The first-order valence-corrected chi connectivity index (χ1v) is 9.08. The topological polar surface area (TPSA) is 85.0 Å². The van der Waals surface area contributed by atoms with E-state index in [1.807, 2.05) is 11.8 Å². The van der Waals surface area contributed by atoms with Gasteiger partial charge in [-0.15, -0.1) is 0 Å². The van der Waals surface area contributed by atoms with Crippen LogP contribution in [-0.4, -0.2) is 75.6 Å². The summed E-state index contributed by atoms with van der Waals surface area (Å²) >= 11 is 1.92. The van der Waals surface area contributed by atoms with Crippen LogP contribution < -0.4 is 5.73 Å². The van der Waals surface area contributed by atoms with E-state index < -0.39 is 9.84 Å². The lowest BCUT2D eigenvalue weighted by atomic mass is 10.5. The molecule has 1 rings (SSSR count). The SMILES string of the molecule is CS(=O)(=O)CCOCCN=C(N)N1CCSCC1. The van der Waals surface area contributed by atoms with Gasteiger partial charge in [0.2, 0.25) is 0 Å². The molecule has 1 fully saturated rings. The monoisotopic (exact) mass is 295 g/mol. The molecular formula is C10H21N3O3S2. The van der Waals surface area contributed by atoms with Crippen LogP contribution >= 0.6 is 11.8 Å². The first kappa shape index (κ1) is 15.6. The lowest BCUT2D eigenvalue weighted by Gasteiger charge is -2.27. The summed E-state index contributed by atoms with van der Waals surface area (Å²) in [5.74, 6) is 2.78. The summed E-state index contributed by atoms with van der Waals surface area (Å²) in [5, 5.41) is 0. The van der Waals surface area contributed by atoms with Crippen LogP contribution in [0, 0.1) is 0 Å². The molecule has 0 atom stereocenters. The maximum Gasteiger partial charge on any atom is 0.191 e. The average Bonchev–Trinajstić information content (AvgIpc) is 2.33. The minimum atomic E-state index is -2.94. The van der Waals surface area contributed by atoms with Gasteiger partial charge in [-0.05, 0) is 0 Å². The number of aliphatic imine (C=N–C) groups is 1. The zero-order chi connectivity index (χ0) is 13.4. The van der Waals surface area contributed by atoms with E-state index in [1.54, 1.807) is 0 Å². The van der Waals surface area contributed by atoms with Crippen molar-refractivity contribution in [3.05, 3.63) is 0 Å². The number of thioether (sulfide) groups is 1. The molecule has 0 aromatic rings. The minimum Gasteiger partial charge on any atom is -0.378 e. The van der Waals surface area contributed by atoms with Gasteiger partial charge in [0, 0.05) is 30.9 Å². The Balaban J connectivity index is 2.11. The zero-order valence-corrected chi connectivity index (χ0v) is 12.3. The van der Waals surface area contributed by atoms with Crippen molar-refractivity contribution in [2.45, 2.75) is 0 Å². The molecule has 0 aromatic heterocycles. The summed E-state index contributed by atoms with van der Waals surface area (Å²) in [7, 11) is -2.94. The number of ether oxygens (including phenoxy) is 1. The number of rotatable bonds is 6. The van der Waals surface area contributed by atoms with E-state index in [2.05, 4.69) is 9.89 Å². The predicted octanol–water partition coefficient (Wildman–Crippen LogP) is -0.589. The molecule has 8 heteroatoms. The van der Waals surface area contributed by atoms with Crippen molar-refractivity contribution in [1.29, 1.82) is 0 Å². The number of hydrogen-bond donors (Lipinski definition) is 1. The van der Waals surface area contributed by atoms with Crippen molar-refractivity contribution in [3.8, 4) is 0 Å². The van der Waals surface area contributed by atoms with E-state index in [4.69, 9.17) is 10.5 Å². The van der Waals surface area contributed by atoms with Crippen LogP contribution in [0.4, 0.5) is 0 Å². The number of nitrogens with two attached hydrogens (primary N) is 1. The van der Waals surface area contributed by atoms with Gasteiger partial charge in [-0.25, -0.2) is 8.42 Å². The van der Waals surface area contributed by atoms with Crippen molar-refractivity contribution in [3.63, 3.8) is 0 Å². The second kappa shape index (κ2) is 7.85. The molecule has 0 spiro atoms. The average molecular weight is 295 g/mol. The van der Waals surface area contributed by atoms with Gasteiger partial charge in [0.25, 0.3) is 0 Å². The second-order valence-electron chi connectivity index (χ2n) is 4.08. The molecule has 0 bridgehead atoms. The first-order valence-electron chi connectivity index (χ1n) is 5.87. The van der Waals surface area contributed by atoms with E-state index in [-0.39, 0.29) is 12.4 Å². The van der Waals surface area contributed by atoms with E-state index in [9.17, 15) is 8.42 Å². The first-order chi connectivity index (χ1) is 8.49. The maximum atomic E-state index is 10.8. The van der Waals surface area contributed by atoms with Gasteiger partial charge in [0.1, 0.15) is 9.84 Å². The number of nitrogens with zero attached hydrogens (tertiary/aromatic N) is 2. The summed E-state index contributed by atoms with van der Waals surface area (Å²) in [5.41, 5.74) is 5.85. The molecule has 0 radical (unpaired) electrons. The van der Waals surface area contributed by atoms with Crippen molar-refractivity contribution in [2.75, 3.05) is 56.4 Å². The molecule has 1 aliphatic heterocycles. The fourth-order valence-corrected chi connectivity index (χ4v) is 2.75. The third-order valence-corrected chi connectivity index (χ3v) is 4.29. The third kappa shape index (κ3) is 7.07. The van der Waals surface area contributed by atoms with Crippen molar-refractivity contribution in [1.82, 2.24) is 4.90 Å². The normalized spacial score (nSPS) is 18.1. The Kier molecular flexibility index (Phi) is 6.80. The summed E-state index contributed by atoms with van der Waals surface area (Å²) in [6, 6.07) is 0. The van der Waals surface area contributed by atoms with Gasteiger partial charge in [0.15, 0.2) is 5.96 Å². The van der Waals surface area contributed by atoms with Crippen LogP contribution in [0.15, 0.2) is 4.99 Å². The van der Waals surface area contributed by atoms with E-state index >= 15 is 0 Å². The Bertz CT molecular complexity index is 365. The Morgan fingerprint density at radius 1 is 1.39 bits per heavy atom. The number of guanidine groups is 1. The zero-order valence-electron chi connectivity index (χ0n) is 10.7. The van der Waals surface area contributed by atoms with Crippen LogP contribution in [0.3, 0.4) is 0 Å². The third-order valence-electron chi connectivity index (χ3n) is 2.44. The molecule has 18 heavy (non-hydrogen) atoms. The Hall–Kier alpha value is -0.470. The molecule has 1 saturated heterocycles. The second-order valence-corrected chi connectivity index (χ2v) is 7.57. The summed E-state index contributed by atoms with van der Waals surface area (Å²) in [6.45, 7) is 2.97. The maximum absolute atomic E-state index is 10.8. The van der Waals surface area contributed by atoms with Crippen LogP contribution in [0.5, 0.6) is 0 Å². The smallest absolute Gasteiger partial charge is 0.191 e. The summed E-state index contributed by atoms with van der Waals surface area (Å²) < 4.78 is 26.9. The molecule has 0 aliphatic carbocycles. The Morgan fingerprint density at radius 2 is 2.06 bits per heavy atom. The molecular weight excluding hydrogens is 274 g/mol. The van der Waals surface area contributed by atoms with E-state index in [1.165, 1.54) is 6.26 Å². The lowest BCUT2D eigenvalue weighted by molar-refractivity contribution is 0.157. The quantitative estimate of drug-likeness (QED) is 0.400. The van der Waals surface area contributed by atoms with Gasteiger partial charge in [0.05, 0.1) is 25.5 Å². The van der Waals surface area contributed by atoms with Crippen molar-refractivity contribution >= 4 is 27.6 Å². The van der Waals surface area contributed by atoms with Gasteiger partial charge >= 0.3 is 0 Å². The highest BCUT2D eigenvalue weighted by atomic mass is 32.2. The lowest BCUT2D eigenvalue weighted by Crippen LogP contribution is -2.42. The van der Waals surface area contributed by atoms with Crippen LogP contribution in [0.25, 0.3) is 0 Å². The Morgan fingerprint density at radius 3 is 2.67 bits per heavy atom. The standard InChI is InChI=1S/C10H21N3O3S2/c1-18(14,15)9-6-16-5-2-12-10(11)13-3-7-17-8-4-13/h2-9H2,1H3,(H2,11,12). The van der Waals surface area contributed by atoms with Crippen LogP contribution in [0.1, 0.15) is 0 Å². The van der Waals surface area contributed by atoms with E-state index in [0.717, 1.165) is 24.6 Å². The summed E-state index contributed by atoms with van der Waals surface area (Å²) in [4.78, 5) is 6.28. The fraction of sp³-hybridized carbons (Fsp3) is 0.900. The predicted molar refractivity (Wildman–Crippen MR) is 75.9 cm³/mol. The van der Waals surface area contributed by atoms with Crippen LogP contribution in [-0.2, 0) is 14.6 Å². The Labute approximate surface area is 113 Å². The van der Waals surface area contributed by atoms with Crippen LogP contribution in [0.2, 0.25) is 0 Å².